The zero-order valence-corrected chi connectivity index (χ0v) is 16.7. The lowest BCUT2D eigenvalue weighted by atomic mass is 9.96. The van der Waals surface area contributed by atoms with Crippen LogP contribution in [0.15, 0.2) is 47.1 Å². The number of amides is 1. The van der Waals surface area contributed by atoms with Crippen LogP contribution in [0.3, 0.4) is 0 Å². The third kappa shape index (κ3) is 3.47. The fourth-order valence-electron chi connectivity index (χ4n) is 3.22. The number of methoxy groups -OCH3 is 1. The molecule has 2 aromatic carbocycles. The molecular formula is C23H25NO3. The molecule has 0 saturated carbocycles. The van der Waals surface area contributed by atoms with Crippen LogP contribution >= 0.6 is 0 Å². The van der Waals surface area contributed by atoms with Crippen LogP contribution in [0.4, 0.5) is 0 Å². The van der Waals surface area contributed by atoms with Crippen molar-refractivity contribution < 1.29 is 13.9 Å². The first kappa shape index (κ1) is 18.8. The van der Waals surface area contributed by atoms with Crippen LogP contribution < -0.4 is 4.74 Å². The molecule has 1 amide bonds. The Bertz CT molecular complexity index is 1020. The minimum absolute atomic E-state index is 0.0572. The van der Waals surface area contributed by atoms with E-state index in [1.54, 1.807) is 38.4 Å². The Morgan fingerprint density at radius 1 is 1.15 bits per heavy atom. The van der Waals surface area contributed by atoms with Crippen LogP contribution in [0, 0.1) is 13.8 Å². The van der Waals surface area contributed by atoms with Crippen molar-refractivity contribution in [3.05, 3.63) is 59.4 Å². The number of likely N-dealkylation sites (N-methyl/N-ethyl adjacent to an activating group) is 1. The summed E-state index contributed by atoms with van der Waals surface area (Å²) in [4.78, 5) is 13.7. The molecule has 0 bridgehead atoms. The number of carbonyl (C=O) groups is 1. The number of allylic oxidation sites excluding steroid dienone is 1. The average molecular weight is 363 g/mol. The molecule has 1 aromatic heterocycles. The molecule has 0 N–H and O–H groups in total. The molecule has 0 aliphatic rings. The second-order valence-electron chi connectivity index (χ2n) is 7.03. The topological polar surface area (TPSA) is 42.7 Å². The first-order chi connectivity index (χ1) is 12.8. The van der Waals surface area contributed by atoms with Gasteiger partial charge in [0.25, 0.3) is 0 Å². The molecule has 1 heterocycles. The van der Waals surface area contributed by atoms with Crippen molar-refractivity contribution in [2.24, 2.45) is 0 Å². The maximum Gasteiger partial charge on any atom is 0.246 e. The maximum absolute atomic E-state index is 12.1. The zero-order valence-electron chi connectivity index (χ0n) is 16.7. The van der Waals surface area contributed by atoms with Gasteiger partial charge in [0.2, 0.25) is 5.91 Å². The van der Waals surface area contributed by atoms with Crippen molar-refractivity contribution in [3.8, 4) is 16.9 Å². The summed E-state index contributed by atoms with van der Waals surface area (Å²) >= 11 is 0. The van der Waals surface area contributed by atoms with Gasteiger partial charge in [0.05, 0.1) is 13.4 Å². The fraction of sp³-hybridized carbons (Fsp3) is 0.261. The predicted molar refractivity (Wildman–Crippen MR) is 110 cm³/mol. The summed E-state index contributed by atoms with van der Waals surface area (Å²) in [5.74, 6) is 0.672. The van der Waals surface area contributed by atoms with Gasteiger partial charge >= 0.3 is 0 Å². The molecule has 0 aliphatic carbocycles. The van der Waals surface area contributed by atoms with E-state index in [9.17, 15) is 4.79 Å². The van der Waals surface area contributed by atoms with E-state index in [-0.39, 0.29) is 5.91 Å². The normalized spacial score (nSPS) is 11.7. The first-order valence-electron chi connectivity index (χ1n) is 8.89. The van der Waals surface area contributed by atoms with Gasteiger partial charge in [-0.1, -0.05) is 29.8 Å². The Kier molecular flexibility index (Phi) is 5.08. The molecule has 0 radical (unpaired) electrons. The fourth-order valence-corrected chi connectivity index (χ4v) is 3.22. The summed E-state index contributed by atoms with van der Waals surface area (Å²) in [6, 6.07) is 10.4. The Morgan fingerprint density at radius 3 is 2.41 bits per heavy atom. The number of rotatable bonds is 4. The van der Waals surface area contributed by atoms with Gasteiger partial charge in [-0.15, -0.1) is 0 Å². The molecule has 3 rings (SSSR count). The minimum Gasteiger partial charge on any atom is -0.496 e. The summed E-state index contributed by atoms with van der Waals surface area (Å²) in [6.45, 7) is 5.98. The summed E-state index contributed by atoms with van der Waals surface area (Å²) in [5, 5.41) is 1.01. The van der Waals surface area contributed by atoms with Gasteiger partial charge in [0, 0.05) is 42.2 Å². The smallest absolute Gasteiger partial charge is 0.246 e. The molecular weight excluding hydrogens is 338 g/mol. The highest BCUT2D eigenvalue weighted by atomic mass is 16.5. The number of carbonyl (C=O) groups excluding carboxylic acids is 1. The Morgan fingerprint density at radius 2 is 1.81 bits per heavy atom. The van der Waals surface area contributed by atoms with Gasteiger partial charge in [0.1, 0.15) is 11.3 Å². The summed E-state index contributed by atoms with van der Waals surface area (Å²) in [7, 11) is 5.12. The van der Waals surface area contributed by atoms with Gasteiger partial charge in [-0.3, -0.25) is 4.79 Å². The molecule has 4 heteroatoms. The second kappa shape index (κ2) is 7.31. The Balaban J connectivity index is 2.23. The van der Waals surface area contributed by atoms with E-state index in [2.05, 4.69) is 37.3 Å². The van der Waals surface area contributed by atoms with E-state index in [4.69, 9.17) is 9.15 Å². The summed E-state index contributed by atoms with van der Waals surface area (Å²) in [5.41, 5.74) is 6.82. The number of benzene rings is 2. The largest absolute Gasteiger partial charge is 0.496 e. The van der Waals surface area contributed by atoms with E-state index in [0.29, 0.717) is 0 Å². The lowest BCUT2D eigenvalue weighted by molar-refractivity contribution is -0.123. The zero-order chi connectivity index (χ0) is 19.7. The van der Waals surface area contributed by atoms with Crippen LogP contribution in [0.25, 0.3) is 27.7 Å². The summed E-state index contributed by atoms with van der Waals surface area (Å²) < 4.78 is 11.5. The van der Waals surface area contributed by atoms with Crippen LogP contribution in [-0.2, 0) is 4.79 Å². The number of nitrogens with zero attached hydrogens (tertiary/aromatic N) is 1. The Labute approximate surface area is 160 Å². The average Bonchev–Trinajstić information content (AvgIpc) is 3.06. The molecule has 0 aliphatic heterocycles. The van der Waals surface area contributed by atoms with Gasteiger partial charge in [0.15, 0.2) is 0 Å². The van der Waals surface area contributed by atoms with E-state index >= 15 is 0 Å². The SMILES string of the molecule is COc1c(/C(C)=C/C(=O)N(C)C)cc2c(-c3ccc(C)cc3)coc2c1C. The minimum atomic E-state index is -0.0572. The summed E-state index contributed by atoms with van der Waals surface area (Å²) in [6.07, 6.45) is 3.42. The molecule has 0 spiro atoms. The monoisotopic (exact) mass is 363 g/mol. The highest BCUT2D eigenvalue weighted by Gasteiger charge is 2.18. The molecule has 27 heavy (non-hydrogen) atoms. The van der Waals surface area contributed by atoms with Crippen molar-refractivity contribution in [1.82, 2.24) is 4.90 Å². The molecule has 3 aromatic rings. The molecule has 0 fully saturated rings. The number of aryl methyl sites for hydroxylation is 2. The quantitative estimate of drug-likeness (QED) is 0.597. The van der Waals surface area contributed by atoms with E-state index < -0.39 is 0 Å². The van der Waals surface area contributed by atoms with Crippen LogP contribution in [0.2, 0.25) is 0 Å². The van der Waals surface area contributed by atoms with Gasteiger partial charge in [-0.25, -0.2) is 0 Å². The number of hydrogen-bond donors (Lipinski definition) is 0. The third-order valence-electron chi connectivity index (χ3n) is 4.82. The van der Waals surface area contributed by atoms with E-state index in [0.717, 1.165) is 44.5 Å². The number of furan rings is 1. The number of ether oxygens (including phenoxy) is 1. The Hall–Kier alpha value is -3.01. The molecule has 4 nitrogen and oxygen atoms in total. The van der Waals surface area contributed by atoms with Crippen molar-refractivity contribution in [2.75, 3.05) is 21.2 Å². The van der Waals surface area contributed by atoms with E-state index in [1.807, 2.05) is 13.8 Å². The predicted octanol–water partition coefficient (Wildman–Crippen LogP) is 5.22. The van der Waals surface area contributed by atoms with Crippen molar-refractivity contribution in [2.45, 2.75) is 20.8 Å². The first-order valence-corrected chi connectivity index (χ1v) is 8.89. The number of hydrogen-bond acceptors (Lipinski definition) is 3. The van der Waals surface area contributed by atoms with Crippen molar-refractivity contribution in [3.63, 3.8) is 0 Å². The highest BCUT2D eigenvalue weighted by molar-refractivity contribution is 6.01. The van der Waals surface area contributed by atoms with Crippen LogP contribution in [0.1, 0.15) is 23.6 Å². The van der Waals surface area contributed by atoms with Crippen LogP contribution in [0.5, 0.6) is 5.75 Å². The van der Waals surface area contributed by atoms with E-state index in [1.165, 1.54) is 5.56 Å². The maximum atomic E-state index is 12.1. The van der Waals surface area contributed by atoms with Gasteiger partial charge < -0.3 is 14.1 Å². The standard InChI is InChI=1S/C23H25NO3/c1-14-7-9-17(10-8-14)20-13-27-23-16(3)22(26-6)18(12-19(20)23)15(2)11-21(25)24(4)5/h7-13H,1-6H3/b15-11+. The molecule has 140 valence electrons. The molecule has 0 saturated heterocycles. The van der Waals surface area contributed by atoms with Crippen LogP contribution in [-0.4, -0.2) is 32.0 Å². The third-order valence-corrected chi connectivity index (χ3v) is 4.82. The van der Waals surface area contributed by atoms with Crippen molar-refractivity contribution in [1.29, 1.82) is 0 Å². The highest BCUT2D eigenvalue weighted by Crippen LogP contribution is 2.40. The lowest BCUT2D eigenvalue weighted by Crippen LogP contribution is -2.19. The lowest BCUT2D eigenvalue weighted by Gasteiger charge is -2.14. The number of fused-ring (bicyclic) bond motifs is 1. The van der Waals surface area contributed by atoms with Crippen molar-refractivity contribution >= 4 is 22.4 Å². The van der Waals surface area contributed by atoms with Gasteiger partial charge in [-0.05, 0) is 38.0 Å². The molecule has 0 unspecified atom stereocenters. The van der Waals surface area contributed by atoms with Gasteiger partial charge in [-0.2, -0.15) is 0 Å². The molecule has 0 atom stereocenters. The second-order valence-corrected chi connectivity index (χ2v) is 7.03.